The van der Waals surface area contributed by atoms with Gasteiger partial charge in [0.05, 0.1) is 45.6 Å². The van der Waals surface area contributed by atoms with E-state index in [0.717, 1.165) is 41.7 Å². The van der Waals surface area contributed by atoms with E-state index in [2.05, 4.69) is 152 Å². The summed E-state index contributed by atoms with van der Waals surface area (Å²) in [7, 11) is 0. The Morgan fingerprint density at radius 2 is 0.923 bits per heavy atom. The fourth-order valence-corrected chi connectivity index (χ4v) is 8.61. The van der Waals surface area contributed by atoms with E-state index in [-0.39, 0.29) is 28.3 Å². The van der Waals surface area contributed by atoms with Gasteiger partial charge < -0.3 is 9.97 Å². The minimum atomic E-state index is -0.0386. The summed E-state index contributed by atoms with van der Waals surface area (Å²) in [6.45, 7) is 23.2. The van der Waals surface area contributed by atoms with Gasteiger partial charge in [-0.2, -0.15) is 0 Å². The van der Waals surface area contributed by atoms with E-state index in [4.69, 9.17) is 9.98 Å². The van der Waals surface area contributed by atoms with Crippen molar-refractivity contribution in [1.29, 1.82) is 0 Å². The molecular weight excluding hydrogens is 633 g/mol. The van der Waals surface area contributed by atoms with E-state index in [1.807, 2.05) is 0 Å². The standard InChI is InChI=1S/C48H52N4/c1-11-26-18-30-31-20-27(46(2,3)4)23-35-40-16-13-17-41(50-40)37-25-29(48(8,9)10)22-33-32-21-28(47(5,6)7)24-36(44(32)52-45(33)37)39-15-12-14-38(49-39)34(19-26)42(30)51-43(31)35/h12-13,15,17-25,38,40,51-52H,11,14,16H2,1-10H3. The predicted molar refractivity (Wildman–Crippen MR) is 223 cm³/mol. The van der Waals surface area contributed by atoms with Gasteiger partial charge in [0.15, 0.2) is 0 Å². The Hall–Kier alpha value is -4.70. The van der Waals surface area contributed by atoms with Gasteiger partial charge in [0.1, 0.15) is 0 Å². The number of aromatic amines is 2. The second-order valence-corrected chi connectivity index (χ2v) is 18.7. The monoisotopic (exact) mass is 684 g/mol. The molecule has 264 valence electrons. The molecule has 9 rings (SSSR count). The molecule has 4 aromatic carbocycles. The molecule has 0 saturated heterocycles. The molecule has 0 radical (unpaired) electrons. The van der Waals surface area contributed by atoms with Gasteiger partial charge in [0.25, 0.3) is 0 Å². The van der Waals surface area contributed by atoms with Gasteiger partial charge in [-0.3, -0.25) is 9.98 Å². The van der Waals surface area contributed by atoms with Crippen LogP contribution in [-0.4, -0.2) is 21.4 Å². The molecule has 2 unspecified atom stereocenters. The van der Waals surface area contributed by atoms with Crippen molar-refractivity contribution in [3.63, 3.8) is 0 Å². The molecule has 2 N–H and O–H groups in total. The van der Waals surface area contributed by atoms with Gasteiger partial charge in [0.2, 0.25) is 0 Å². The first-order chi connectivity index (χ1) is 24.6. The summed E-state index contributed by atoms with van der Waals surface area (Å²) < 4.78 is 0. The first kappa shape index (κ1) is 33.2. The maximum atomic E-state index is 5.69. The normalized spacial score (nSPS) is 19.0. The summed E-state index contributed by atoms with van der Waals surface area (Å²) >= 11 is 0. The van der Waals surface area contributed by atoms with Crippen molar-refractivity contribution in [3.8, 4) is 0 Å². The number of aliphatic imine (C=N–C) groups is 2. The highest BCUT2D eigenvalue weighted by Gasteiger charge is 2.29. The number of aryl methyl sites for hydroxylation is 1. The molecule has 0 saturated carbocycles. The maximum Gasteiger partial charge on any atom is 0.0811 e. The molecule has 0 spiro atoms. The highest BCUT2D eigenvalue weighted by atomic mass is 14.9. The van der Waals surface area contributed by atoms with E-state index >= 15 is 0 Å². The van der Waals surface area contributed by atoms with Gasteiger partial charge >= 0.3 is 0 Å². The maximum absolute atomic E-state index is 5.69. The van der Waals surface area contributed by atoms with Crippen LogP contribution in [0, 0.1) is 0 Å². The number of fused-ring (bicyclic) bond motifs is 8. The SMILES string of the molecule is CCc1cc2c3[nH]c4c(cc(C(C)(C)C)cc4c3c1)C1CC=CC(=N1)c1cc(C(C)(C)C)cc3c1[nH]c1c(cc(C(C)(C)C)cc13)C1=NC2CC=C1. The highest BCUT2D eigenvalue weighted by Crippen LogP contribution is 2.44. The van der Waals surface area contributed by atoms with Crippen LogP contribution in [-0.2, 0) is 22.7 Å². The van der Waals surface area contributed by atoms with Crippen LogP contribution < -0.4 is 0 Å². The van der Waals surface area contributed by atoms with Gasteiger partial charge in [-0.05, 0) is 106 Å². The van der Waals surface area contributed by atoms with Crippen molar-refractivity contribution in [2.45, 2.75) is 117 Å². The Morgan fingerprint density at radius 3 is 1.38 bits per heavy atom. The van der Waals surface area contributed by atoms with Crippen molar-refractivity contribution in [3.05, 3.63) is 117 Å². The van der Waals surface area contributed by atoms with Crippen LogP contribution in [0.25, 0.3) is 43.6 Å². The number of H-pyrrole nitrogens is 2. The third-order valence-corrected chi connectivity index (χ3v) is 11.9. The molecule has 4 heteroatoms. The van der Waals surface area contributed by atoms with Crippen LogP contribution in [0.4, 0.5) is 0 Å². The van der Waals surface area contributed by atoms with E-state index in [1.165, 1.54) is 77.1 Å². The molecule has 0 aliphatic carbocycles. The van der Waals surface area contributed by atoms with Crippen LogP contribution in [0.5, 0.6) is 0 Å². The van der Waals surface area contributed by atoms with Gasteiger partial charge in [0, 0.05) is 43.8 Å². The molecule has 52 heavy (non-hydrogen) atoms. The van der Waals surface area contributed by atoms with E-state index in [1.54, 1.807) is 0 Å². The van der Waals surface area contributed by atoms with Crippen molar-refractivity contribution in [2.24, 2.45) is 9.98 Å². The first-order valence-electron chi connectivity index (χ1n) is 19.3. The number of dihydropyridines is 2. The topological polar surface area (TPSA) is 56.3 Å². The number of nitrogens with zero attached hydrogens (tertiary/aromatic N) is 2. The van der Waals surface area contributed by atoms with Crippen LogP contribution in [0.2, 0.25) is 0 Å². The zero-order chi connectivity index (χ0) is 36.5. The molecule has 3 aliphatic rings. The largest absolute Gasteiger partial charge is 0.354 e. The number of hydrogen-bond acceptors (Lipinski definition) is 2. The highest BCUT2D eigenvalue weighted by molar-refractivity contribution is 6.25. The summed E-state index contributed by atoms with van der Waals surface area (Å²) in [5.74, 6) is 0. The molecule has 5 heterocycles. The molecule has 3 aliphatic heterocycles. The minimum Gasteiger partial charge on any atom is -0.354 e. The Labute approximate surface area is 308 Å². The smallest absolute Gasteiger partial charge is 0.0811 e. The zero-order valence-electron chi connectivity index (χ0n) is 32.6. The van der Waals surface area contributed by atoms with Gasteiger partial charge in [-0.15, -0.1) is 0 Å². The number of aromatic nitrogens is 2. The zero-order valence-corrected chi connectivity index (χ0v) is 32.6. The van der Waals surface area contributed by atoms with Gasteiger partial charge in [-0.25, -0.2) is 0 Å². The van der Waals surface area contributed by atoms with Gasteiger partial charge in [-0.1, -0.05) is 93.5 Å². The first-order valence-corrected chi connectivity index (χ1v) is 19.3. The Bertz CT molecular complexity index is 2610. The lowest BCUT2D eigenvalue weighted by molar-refractivity contribution is 0.588. The van der Waals surface area contributed by atoms with Crippen LogP contribution in [0.1, 0.15) is 139 Å². The lowest BCUT2D eigenvalue weighted by Crippen LogP contribution is -2.15. The number of rotatable bonds is 1. The van der Waals surface area contributed by atoms with E-state index in [9.17, 15) is 0 Å². The molecular formula is C48H52N4. The Balaban J connectivity index is 1.47. The minimum absolute atomic E-state index is 0.00326. The third-order valence-electron chi connectivity index (χ3n) is 11.9. The molecule has 2 aromatic heterocycles. The quantitative estimate of drug-likeness (QED) is 0.173. The molecule has 8 bridgehead atoms. The number of allylic oxidation sites excluding steroid dienone is 2. The summed E-state index contributed by atoms with van der Waals surface area (Å²) in [5.41, 5.74) is 16.9. The summed E-state index contributed by atoms with van der Waals surface area (Å²) in [5, 5.41) is 5.11. The fourth-order valence-electron chi connectivity index (χ4n) is 8.61. The van der Waals surface area contributed by atoms with Crippen LogP contribution in [0.15, 0.2) is 82.8 Å². The third kappa shape index (κ3) is 5.16. The number of benzene rings is 4. The average Bonchev–Trinajstić information content (AvgIpc) is 3.67. The fraction of sp³-hybridized carbons (Fsp3) is 0.375. The van der Waals surface area contributed by atoms with Crippen molar-refractivity contribution >= 4 is 55.0 Å². The van der Waals surface area contributed by atoms with Crippen LogP contribution >= 0.6 is 0 Å². The molecule has 6 aromatic rings. The molecule has 0 fully saturated rings. The van der Waals surface area contributed by atoms with Crippen molar-refractivity contribution < 1.29 is 0 Å². The average molecular weight is 685 g/mol. The Kier molecular flexibility index (Phi) is 7.11. The lowest BCUT2D eigenvalue weighted by Gasteiger charge is -2.24. The van der Waals surface area contributed by atoms with E-state index in [0.29, 0.717) is 0 Å². The molecule has 2 atom stereocenters. The predicted octanol–water partition coefficient (Wildman–Crippen LogP) is 12.7. The summed E-state index contributed by atoms with van der Waals surface area (Å²) in [6.07, 6.45) is 11.9. The summed E-state index contributed by atoms with van der Waals surface area (Å²) in [6, 6.07) is 19.4. The Morgan fingerprint density at radius 1 is 0.519 bits per heavy atom. The van der Waals surface area contributed by atoms with E-state index < -0.39 is 0 Å². The van der Waals surface area contributed by atoms with Crippen LogP contribution in [0.3, 0.4) is 0 Å². The summed E-state index contributed by atoms with van der Waals surface area (Å²) in [4.78, 5) is 19.4. The van der Waals surface area contributed by atoms with Crippen molar-refractivity contribution in [2.75, 3.05) is 0 Å². The lowest BCUT2D eigenvalue weighted by atomic mass is 9.82. The number of nitrogens with one attached hydrogen (secondary N) is 2. The second-order valence-electron chi connectivity index (χ2n) is 18.7. The number of hydrogen-bond donors (Lipinski definition) is 2. The van der Waals surface area contributed by atoms with Crippen molar-refractivity contribution in [1.82, 2.24) is 9.97 Å². The molecule has 0 amide bonds. The second kappa shape index (κ2) is 11.2. The molecule has 4 nitrogen and oxygen atoms in total.